The van der Waals surface area contributed by atoms with Gasteiger partial charge in [0, 0.05) is 95.8 Å². The van der Waals surface area contributed by atoms with E-state index < -0.39 is 65.0 Å². The number of urea groups is 2. The van der Waals surface area contributed by atoms with E-state index in [1.54, 1.807) is 159 Å². The molecule has 0 spiro atoms. The highest BCUT2D eigenvalue weighted by molar-refractivity contribution is 6.04. The summed E-state index contributed by atoms with van der Waals surface area (Å²) in [6.45, 7) is 5.92. The van der Waals surface area contributed by atoms with Gasteiger partial charge >= 0.3 is 12.1 Å². The number of morpholine rings is 1. The summed E-state index contributed by atoms with van der Waals surface area (Å²) in [7, 11) is 1.89. The number of nitrogens with two attached hydrogens (primary N) is 1. The number of hydrogen-bond donors (Lipinski definition) is 14. The van der Waals surface area contributed by atoms with E-state index in [1.165, 1.54) is 115 Å². The smallest absolute Gasteiger partial charge is 0.319 e. The van der Waals surface area contributed by atoms with E-state index in [-0.39, 0.29) is 88.5 Å². The molecule has 0 radical (unpaired) electrons. The Morgan fingerprint density at radius 2 is 0.786 bits per heavy atom. The van der Waals surface area contributed by atoms with Crippen molar-refractivity contribution < 1.29 is 77.4 Å². The van der Waals surface area contributed by atoms with Gasteiger partial charge in [0.05, 0.1) is 110 Å². The van der Waals surface area contributed by atoms with Crippen molar-refractivity contribution >= 4 is 179 Å². The number of benzene rings is 10. The van der Waals surface area contributed by atoms with E-state index in [0.29, 0.717) is 121 Å². The minimum Gasteiger partial charge on any atom is -0.379 e. The van der Waals surface area contributed by atoms with Crippen LogP contribution in [0, 0.1) is 58.2 Å². The van der Waals surface area contributed by atoms with Crippen LogP contribution >= 0.6 is 0 Å². The van der Waals surface area contributed by atoms with Crippen molar-refractivity contribution in [2.45, 2.75) is 37.9 Å². The SMILES string of the molecule is CCNC(=O)Nc1cc2c(/C=C/c3ccc(F)cc3)n[nH]c2cc1F.CN1CCC[C@H]1C(=O)Nc1cc2c(/C=C/c3ccc(F)cc3)n[nH]c2cc1F.NC(C(=O)Nc1cc2c(/C=C/c3ccc(F)cc3)n[nH]c2cc1F)c1cccnc1.O=C(CN1CCOCC1)Nc1cc2c(/C=C/c3ccc(F)cc3)n[nH]c2cc1F.O=C1NCC(C(=O)Nc2cc3c(/C=C/c4ccc(F)cc4)n[nH]c3cc2F)N1. The Bertz CT molecular complexity index is 7330. The van der Waals surface area contributed by atoms with Crippen molar-refractivity contribution in [1.82, 2.24) is 81.7 Å². The monoisotopic (exact) mass is 1910 g/mol. The van der Waals surface area contributed by atoms with E-state index >= 15 is 0 Å². The maximum Gasteiger partial charge on any atom is 0.319 e. The first-order valence-electron chi connectivity index (χ1n) is 43.7. The number of halogens is 10. The number of nitrogens with zero attached hydrogens (tertiary/aromatic N) is 8. The highest BCUT2D eigenvalue weighted by Gasteiger charge is 2.31. The minimum absolute atomic E-state index is 0.00956. The van der Waals surface area contributed by atoms with Gasteiger partial charge < -0.3 is 53.0 Å². The number of fused-ring (bicyclic) bond motifs is 5. The third-order valence-electron chi connectivity index (χ3n) is 22.3. The zero-order valence-corrected chi connectivity index (χ0v) is 74.5. The first-order chi connectivity index (χ1) is 67.7. The maximum absolute atomic E-state index is 14.5. The molecule has 29 nitrogen and oxygen atoms in total. The summed E-state index contributed by atoms with van der Waals surface area (Å²) >= 11 is 0. The lowest BCUT2D eigenvalue weighted by Crippen LogP contribution is -2.41. The molecule has 3 fully saturated rings. The van der Waals surface area contributed by atoms with Gasteiger partial charge in [0.2, 0.25) is 23.6 Å². The average Bonchev–Trinajstić information content (AvgIpc) is 1.65. The van der Waals surface area contributed by atoms with Gasteiger partial charge in [-0.05, 0) is 194 Å². The number of rotatable bonds is 22. The van der Waals surface area contributed by atoms with Crippen LogP contribution < -0.4 is 48.3 Å². The summed E-state index contributed by atoms with van der Waals surface area (Å²) in [5.41, 5.74) is 16.1. The van der Waals surface area contributed by atoms with Gasteiger partial charge in [-0.15, -0.1) is 0 Å². The van der Waals surface area contributed by atoms with Crippen molar-refractivity contribution in [3.63, 3.8) is 0 Å². The Kier molecular flexibility index (Phi) is 31.7. The molecule has 16 aromatic rings. The summed E-state index contributed by atoms with van der Waals surface area (Å²) in [4.78, 5) is 80.1. The lowest BCUT2D eigenvalue weighted by atomic mass is 10.1. The second-order valence-electron chi connectivity index (χ2n) is 32.1. The van der Waals surface area contributed by atoms with Crippen LogP contribution in [-0.4, -0.2) is 173 Å². The molecule has 10 aromatic carbocycles. The number of H-pyrrole nitrogens is 5. The molecule has 0 aliphatic carbocycles. The molecule has 0 bridgehead atoms. The molecule has 2 unspecified atom stereocenters. The fraction of sp³-hybridized carbons (Fsp3) is 0.149. The number of ether oxygens (including phenoxy) is 1. The number of likely N-dealkylation sites (tertiary alicyclic amines) is 1. The fourth-order valence-corrected chi connectivity index (χ4v) is 14.8. The van der Waals surface area contributed by atoms with E-state index in [0.717, 1.165) is 47.2 Å². The third-order valence-corrected chi connectivity index (χ3v) is 22.3. The lowest BCUT2D eigenvalue weighted by Gasteiger charge is -2.25. The quantitative estimate of drug-likeness (QED) is 0.0280. The Labute approximate surface area is 790 Å². The minimum atomic E-state index is -0.990. The second kappa shape index (κ2) is 45.5. The molecule has 140 heavy (non-hydrogen) atoms. The lowest BCUT2D eigenvalue weighted by molar-refractivity contribution is -0.120. The molecule has 3 aliphatic rings. The van der Waals surface area contributed by atoms with Crippen molar-refractivity contribution in [2.24, 2.45) is 5.73 Å². The number of pyridine rings is 1. The molecule has 9 heterocycles. The summed E-state index contributed by atoms with van der Waals surface area (Å²) in [5, 5.41) is 58.2. The molecule has 15 N–H and O–H groups in total. The van der Waals surface area contributed by atoms with Crippen LogP contribution in [0.2, 0.25) is 0 Å². The molecule has 0 saturated carbocycles. The van der Waals surface area contributed by atoms with Crippen LogP contribution in [0.15, 0.2) is 207 Å². The van der Waals surface area contributed by atoms with Crippen LogP contribution in [0.5, 0.6) is 0 Å². The van der Waals surface area contributed by atoms with Gasteiger partial charge in [0.25, 0.3) is 0 Å². The van der Waals surface area contributed by atoms with Gasteiger partial charge in [0.1, 0.15) is 70.3 Å². The number of hydrogen-bond acceptors (Lipinski definition) is 16. The number of nitrogens with one attached hydrogen (secondary N) is 13. The zero-order chi connectivity index (χ0) is 98.5. The van der Waals surface area contributed by atoms with E-state index in [9.17, 15) is 72.7 Å². The fourth-order valence-electron chi connectivity index (χ4n) is 14.8. The van der Waals surface area contributed by atoms with Gasteiger partial charge in [0.15, 0.2) is 0 Å². The highest BCUT2D eigenvalue weighted by atomic mass is 19.2. The van der Waals surface area contributed by atoms with Crippen LogP contribution in [-0.2, 0) is 23.9 Å². The molecule has 6 aromatic heterocycles. The third kappa shape index (κ3) is 25.6. The van der Waals surface area contributed by atoms with Crippen LogP contribution in [0.3, 0.4) is 0 Å². The highest BCUT2D eigenvalue weighted by Crippen LogP contribution is 2.33. The Morgan fingerprint density at radius 1 is 0.443 bits per heavy atom. The van der Waals surface area contributed by atoms with Crippen molar-refractivity contribution in [1.29, 1.82) is 0 Å². The second-order valence-corrected chi connectivity index (χ2v) is 32.1. The van der Waals surface area contributed by atoms with E-state index in [2.05, 4.69) is 98.5 Å². The van der Waals surface area contributed by atoms with Crippen LogP contribution in [0.25, 0.3) is 115 Å². The first kappa shape index (κ1) is 97.5. The van der Waals surface area contributed by atoms with Crippen molar-refractivity contribution in [3.8, 4) is 0 Å². The van der Waals surface area contributed by atoms with E-state index in [1.807, 2.05) is 16.8 Å². The predicted molar refractivity (Wildman–Crippen MR) is 519 cm³/mol. The van der Waals surface area contributed by atoms with Crippen molar-refractivity contribution in [2.75, 3.05) is 86.1 Å². The standard InChI is InChI=1S/C22H17F2N5O.C21H20F2N4O2.C21H20F2N4O.C19H15F2N5O2.C18H16F2N4O/c23-15-6-3-13(4-7-15)5-8-18-16-10-20(17(24)11-19(16)29-28-18)27-22(30)21(25)14-2-1-9-26-12-14;22-15-4-1-14(2-5-15)3-6-18-16-11-20(17(23)12-19(16)26-25-18)24-21(28)13-27-7-9-29-10-8-27;1-27-10-2-3-20(27)21(28)24-19-11-15-17(25-26-18(15)12-16(19)23)9-6-13-4-7-14(22)8-5-13;20-11-4-1-10(2-5-11)3-6-14-12-7-16(13(21)8-15(12)26-25-14)23-18(27)17-9-22-19(28)24-17;1-2-21-18(25)22-17-9-13-15(23-24-16(13)10-14(17)20)8-5-11-3-6-12(19)7-4-11/h1-12,21H,25H2,(H,27,30)(H,28,29);1-6,11-12H,7-10,13H2,(H,24,28)(H,25,26);4-9,11-12,20H,2-3,10H2,1H3,(H,24,28)(H,25,26);1-8,17H,9H2,(H,23,27)(H,25,26)(H2,22,24,28);3-10H,2H2,1H3,(H,23,24)(H2,21,22,25)/b8-5+;6-3+;9-6+;6-3+;8-5+/t;;20-;;/m..0../s1. The normalized spacial score (nSPS) is 14.6. The number of amides is 8. The number of aromatic nitrogens is 11. The predicted octanol–water partition coefficient (Wildman–Crippen LogP) is 18.2. The molecule has 19 rings (SSSR count). The Morgan fingerprint density at radius 3 is 1.11 bits per heavy atom. The Hall–Kier alpha value is -17.0. The van der Waals surface area contributed by atoms with Gasteiger partial charge in [-0.2, -0.15) is 25.5 Å². The number of carbonyl (C=O) groups is 6. The molecule has 3 aliphatic heterocycles. The summed E-state index contributed by atoms with van der Waals surface area (Å²) in [6.07, 6.45) is 22.3. The number of anilines is 5. The van der Waals surface area contributed by atoms with Crippen LogP contribution in [0.1, 0.15) is 87.7 Å². The molecule has 8 amide bonds. The number of carbonyl (C=O) groups excluding carboxylic acids is 6. The molecule has 39 heteroatoms. The molecule has 3 atom stereocenters. The topological polar surface area (TPSA) is 397 Å². The maximum atomic E-state index is 14.5. The van der Waals surface area contributed by atoms with Gasteiger partial charge in [-0.25, -0.2) is 53.5 Å². The van der Waals surface area contributed by atoms with Crippen LogP contribution in [0.4, 0.5) is 81.9 Å². The number of likely N-dealkylation sites (N-methyl/N-ethyl adjacent to an activating group) is 1. The van der Waals surface area contributed by atoms with Crippen molar-refractivity contribution in [3.05, 3.63) is 327 Å². The molecule has 714 valence electrons. The summed E-state index contributed by atoms with van der Waals surface area (Å²) < 4.78 is 142. The zero-order valence-electron chi connectivity index (χ0n) is 74.5. The van der Waals surface area contributed by atoms with Gasteiger partial charge in [-0.3, -0.25) is 59.5 Å². The molecular formula is C101H88F10N22O7. The first-order valence-corrected chi connectivity index (χ1v) is 43.7. The van der Waals surface area contributed by atoms with E-state index in [4.69, 9.17) is 10.5 Å². The number of aromatic amines is 5. The Balaban J connectivity index is 0.000000133. The largest absolute Gasteiger partial charge is 0.379 e. The summed E-state index contributed by atoms with van der Waals surface area (Å²) in [5.74, 6) is -5.99. The summed E-state index contributed by atoms with van der Waals surface area (Å²) in [6, 6.07) is 44.5. The average molecular weight is 1910 g/mol. The molecular weight excluding hydrogens is 1820 g/mol. The van der Waals surface area contributed by atoms with Gasteiger partial charge in [-0.1, -0.05) is 97.1 Å². The molecule has 3 saturated heterocycles.